The first-order valence-electron chi connectivity index (χ1n) is 4.58. The quantitative estimate of drug-likeness (QED) is 0.768. The Balaban J connectivity index is 1.83. The Morgan fingerprint density at radius 1 is 1.53 bits per heavy atom. The minimum atomic E-state index is -0.291. The van der Waals surface area contributed by atoms with Crippen molar-refractivity contribution >= 4 is 17.5 Å². The van der Waals surface area contributed by atoms with Crippen LogP contribution in [0.2, 0.25) is 0 Å². The summed E-state index contributed by atoms with van der Waals surface area (Å²) in [5.41, 5.74) is 0.862. The average Bonchev–Trinajstić information content (AvgIpc) is 2.91. The Morgan fingerprint density at radius 3 is 3.20 bits per heavy atom. The van der Waals surface area contributed by atoms with Crippen molar-refractivity contribution < 1.29 is 14.2 Å². The third-order valence-corrected chi connectivity index (χ3v) is 2.98. The Bertz CT molecular complexity index is 404. The standard InChI is InChI=1S/C9H10N2O3S/c1-15-8-2-5(10-11-8)6-3-7-9(14-6)13-4-12-7/h2-3,7,9H,4H2,1H3,(H,10,11)/t7-,9+/m1/s1. The Morgan fingerprint density at radius 2 is 2.47 bits per heavy atom. The van der Waals surface area contributed by atoms with Gasteiger partial charge in [-0.25, -0.2) is 0 Å². The highest BCUT2D eigenvalue weighted by Gasteiger charge is 2.36. The van der Waals surface area contributed by atoms with Crippen molar-refractivity contribution in [2.24, 2.45) is 0 Å². The highest BCUT2D eigenvalue weighted by atomic mass is 32.2. The topological polar surface area (TPSA) is 56.4 Å². The molecule has 0 amide bonds. The lowest BCUT2D eigenvalue weighted by Crippen LogP contribution is -2.16. The van der Waals surface area contributed by atoms with Gasteiger partial charge in [-0.2, -0.15) is 5.10 Å². The number of hydrogen-bond acceptors (Lipinski definition) is 5. The van der Waals surface area contributed by atoms with Crippen LogP contribution in [0.4, 0.5) is 0 Å². The van der Waals surface area contributed by atoms with Gasteiger partial charge < -0.3 is 14.2 Å². The summed E-state index contributed by atoms with van der Waals surface area (Å²) in [5, 5.41) is 7.96. The van der Waals surface area contributed by atoms with Crippen LogP contribution in [0.3, 0.4) is 0 Å². The number of aromatic amines is 1. The van der Waals surface area contributed by atoms with Crippen molar-refractivity contribution in [3.05, 3.63) is 17.8 Å². The molecule has 15 heavy (non-hydrogen) atoms. The van der Waals surface area contributed by atoms with Crippen molar-refractivity contribution in [2.45, 2.75) is 17.4 Å². The van der Waals surface area contributed by atoms with E-state index >= 15 is 0 Å². The lowest BCUT2D eigenvalue weighted by Gasteiger charge is -2.07. The molecule has 1 N–H and O–H groups in total. The van der Waals surface area contributed by atoms with Gasteiger partial charge in [0, 0.05) is 6.07 Å². The lowest BCUT2D eigenvalue weighted by atomic mass is 10.3. The van der Waals surface area contributed by atoms with Gasteiger partial charge in [-0.15, -0.1) is 11.8 Å². The maximum Gasteiger partial charge on any atom is 0.232 e. The summed E-state index contributed by atoms with van der Waals surface area (Å²) in [5.74, 6) is 0.748. The number of thioether (sulfide) groups is 1. The maximum absolute atomic E-state index is 5.56. The number of fused-ring (bicyclic) bond motifs is 1. The molecule has 2 atom stereocenters. The van der Waals surface area contributed by atoms with Crippen molar-refractivity contribution in [3.63, 3.8) is 0 Å². The fourth-order valence-electron chi connectivity index (χ4n) is 1.59. The van der Waals surface area contributed by atoms with E-state index < -0.39 is 0 Å². The van der Waals surface area contributed by atoms with E-state index in [1.807, 2.05) is 18.4 Å². The maximum atomic E-state index is 5.56. The first kappa shape index (κ1) is 9.26. The minimum Gasteiger partial charge on any atom is -0.460 e. The molecule has 2 aliphatic heterocycles. The molecule has 2 aliphatic rings. The third-order valence-electron chi connectivity index (χ3n) is 2.35. The molecule has 5 nitrogen and oxygen atoms in total. The Labute approximate surface area is 90.8 Å². The molecule has 1 aromatic rings. The van der Waals surface area contributed by atoms with Gasteiger partial charge in [-0.1, -0.05) is 0 Å². The molecule has 0 unspecified atom stereocenters. The van der Waals surface area contributed by atoms with E-state index in [9.17, 15) is 0 Å². The summed E-state index contributed by atoms with van der Waals surface area (Å²) < 4.78 is 16.1. The van der Waals surface area contributed by atoms with Gasteiger partial charge in [0.15, 0.2) is 6.79 Å². The van der Waals surface area contributed by atoms with Crippen molar-refractivity contribution in [2.75, 3.05) is 13.0 Å². The molecule has 6 heteroatoms. The first-order valence-corrected chi connectivity index (χ1v) is 5.81. The molecule has 0 radical (unpaired) electrons. The van der Waals surface area contributed by atoms with E-state index in [4.69, 9.17) is 14.2 Å². The molecule has 80 valence electrons. The third kappa shape index (κ3) is 1.54. The normalized spacial score (nSPS) is 28.7. The first-order chi connectivity index (χ1) is 7.36. The summed E-state index contributed by atoms with van der Waals surface area (Å²) in [6.45, 7) is 0.304. The van der Waals surface area contributed by atoms with E-state index in [0.29, 0.717) is 6.79 Å². The molecular formula is C9H10N2O3S. The molecular weight excluding hydrogens is 216 g/mol. The molecule has 0 saturated carbocycles. The molecule has 0 bridgehead atoms. The second kappa shape index (κ2) is 3.55. The van der Waals surface area contributed by atoms with E-state index in [2.05, 4.69) is 10.2 Å². The zero-order valence-electron chi connectivity index (χ0n) is 8.10. The van der Waals surface area contributed by atoms with Crippen LogP contribution >= 0.6 is 11.8 Å². The van der Waals surface area contributed by atoms with Crippen LogP contribution in [0.25, 0.3) is 5.76 Å². The number of nitrogens with zero attached hydrogens (tertiary/aromatic N) is 1. The molecule has 3 rings (SSSR count). The predicted molar refractivity (Wildman–Crippen MR) is 54.0 cm³/mol. The lowest BCUT2D eigenvalue weighted by molar-refractivity contribution is -0.0550. The van der Waals surface area contributed by atoms with E-state index in [-0.39, 0.29) is 12.4 Å². The zero-order chi connectivity index (χ0) is 10.3. The van der Waals surface area contributed by atoms with E-state index in [1.54, 1.807) is 11.8 Å². The zero-order valence-corrected chi connectivity index (χ0v) is 8.91. The van der Waals surface area contributed by atoms with Crippen molar-refractivity contribution in [1.29, 1.82) is 0 Å². The van der Waals surface area contributed by atoms with Crippen LogP contribution in [0.15, 0.2) is 17.2 Å². The number of H-pyrrole nitrogens is 1. The van der Waals surface area contributed by atoms with Crippen LogP contribution in [0.5, 0.6) is 0 Å². The number of hydrogen-bond donors (Lipinski definition) is 1. The molecule has 0 spiro atoms. The van der Waals surface area contributed by atoms with Crippen molar-refractivity contribution in [3.8, 4) is 0 Å². The summed E-state index contributed by atoms with van der Waals surface area (Å²) in [4.78, 5) is 0. The second-order valence-electron chi connectivity index (χ2n) is 3.26. The van der Waals surface area contributed by atoms with Gasteiger partial charge in [0.05, 0.1) is 0 Å². The Kier molecular flexibility index (Phi) is 2.19. The number of aromatic nitrogens is 2. The average molecular weight is 226 g/mol. The Hall–Kier alpha value is -0.980. The predicted octanol–water partition coefficient (Wildman–Crippen LogP) is 1.20. The monoisotopic (exact) mass is 226 g/mol. The summed E-state index contributed by atoms with van der Waals surface area (Å²) in [6.07, 6.45) is 3.52. The summed E-state index contributed by atoms with van der Waals surface area (Å²) >= 11 is 1.58. The van der Waals surface area contributed by atoms with Crippen LogP contribution in [-0.2, 0) is 14.2 Å². The van der Waals surface area contributed by atoms with Crippen LogP contribution in [-0.4, -0.2) is 35.6 Å². The highest BCUT2D eigenvalue weighted by Crippen LogP contribution is 2.31. The van der Waals surface area contributed by atoms with Gasteiger partial charge in [0.1, 0.15) is 22.6 Å². The molecule has 1 saturated heterocycles. The number of nitrogens with one attached hydrogen (secondary N) is 1. The fourth-order valence-corrected chi connectivity index (χ4v) is 1.96. The smallest absolute Gasteiger partial charge is 0.232 e. The molecule has 1 aromatic heterocycles. The molecule has 0 aromatic carbocycles. The molecule has 0 aliphatic carbocycles. The van der Waals surface area contributed by atoms with Gasteiger partial charge in [0.2, 0.25) is 6.29 Å². The van der Waals surface area contributed by atoms with Gasteiger partial charge >= 0.3 is 0 Å². The fraction of sp³-hybridized carbons (Fsp3) is 0.444. The molecule has 1 fully saturated rings. The highest BCUT2D eigenvalue weighted by molar-refractivity contribution is 7.98. The SMILES string of the molecule is CSc1cc(C2=C[C@H]3OCO[C@H]3O2)[nH]n1. The van der Waals surface area contributed by atoms with Crippen LogP contribution < -0.4 is 0 Å². The van der Waals surface area contributed by atoms with Gasteiger partial charge in [-0.3, -0.25) is 5.10 Å². The van der Waals surface area contributed by atoms with E-state index in [0.717, 1.165) is 16.5 Å². The van der Waals surface area contributed by atoms with Crippen LogP contribution in [0.1, 0.15) is 5.69 Å². The summed E-state index contributed by atoms with van der Waals surface area (Å²) in [7, 11) is 0. The largest absolute Gasteiger partial charge is 0.460 e. The summed E-state index contributed by atoms with van der Waals surface area (Å²) in [6, 6.07) is 1.94. The van der Waals surface area contributed by atoms with E-state index in [1.165, 1.54) is 0 Å². The molecule has 3 heterocycles. The van der Waals surface area contributed by atoms with Gasteiger partial charge in [-0.05, 0) is 12.3 Å². The van der Waals surface area contributed by atoms with Gasteiger partial charge in [0.25, 0.3) is 0 Å². The number of ether oxygens (including phenoxy) is 3. The number of rotatable bonds is 2. The minimum absolute atomic E-state index is 0.0824. The van der Waals surface area contributed by atoms with Crippen LogP contribution in [0, 0.1) is 0 Å². The second-order valence-corrected chi connectivity index (χ2v) is 4.08. The van der Waals surface area contributed by atoms with Crippen molar-refractivity contribution in [1.82, 2.24) is 10.2 Å².